The fourth-order valence-corrected chi connectivity index (χ4v) is 2.78. The quantitative estimate of drug-likeness (QED) is 0.776. The number of carbonyl (C=O) groups excluding carboxylic acids is 1. The molecule has 0 aliphatic heterocycles. The van der Waals surface area contributed by atoms with Gasteiger partial charge in [0.1, 0.15) is 11.2 Å². The molecule has 128 valence electrons. The Morgan fingerprint density at radius 3 is 2.43 bits per heavy atom. The molecule has 1 aromatic rings. The predicted octanol–water partition coefficient (Wildman–Crippen LogP) is 0.308. The fraction of sp³-hybridized carbons (Fsp3) is 0.786. The average Bonchev–Trinajstić information content (AvgIpc) is 2.95. The molecule has 0 atom stereocenters. The summed E-state index contributed by atoms with van der Waals surface area (Å²) in [5.41, 5.74) is -0.344. The summed E-state index contributed by atoms with van der Waals surface area (Å²) in [5.74, 6) is 0. The van der Waals surface area contributed by atoms with E-state index in [1.165, 1.54) is 0 Å². The van der Waals surface area contributed by atoms with Crippen molar-refractivity contribution in [3.05, 3.63) is 6.20 Å². The number of amides is 1. The number of nitrogens with zero attached hydrogens (tertiary/aromatic N) is 4. The first kappa shape index (κ1) is 17.7. The van der Waals surface area contributed by atoms with E-state index in [1.807, 2.05) is 20.8 Å². The maximum absolute atomic E-state index is 12.1. The van der Waals surface area contributed by atoms with Crippen LogP contribution in [-0.2, 0) is 4.74 Å². The molecular formula is C14H25BN4O4. The molecule has 1 fully saturated rings. The zero-order valence-electron chi connectivity index (χ0n) is 14.1. The van der Waals surface area contributed by atoms with Crippen LogP contribution in [0.2, 0.25) is 0 Å². The van der Waals surface area contributed by atoms with Gasteiger partial charge < -0.3 is 19.7 Å². The highest BCUT2D eigenvalue weighted by molar-refractivity contribution is 6.57. The minimum atomic E-state index is -1.60. The van der Waals surface area contributed by atoms with Crippen molar-refractivity contribution < 1.29 is 19.6 Å². The van der Waals surface area contributed by atoms with Gasteiger partial charge in [0.25, 0.3) is 0 Å². The summed E-state index contributed by atoms with van der Waals surface area (Å²) >= 11 is 0. The van der Waals surface area contributed by atoms with Crippen LogP contribution in [0.25, 0.3) is 0 Å². The summed E-state index contributed by atoms with van der Waals surface area (Å²) in [5, 5.41) is 25.9. The summed E-state index contributed by atoms with van der Waals surface area (Å²) in [7, 11) is 0.174. The molecule has 8 nitrogen and oxygen atoms in total. The molecule has 0 radical (unpaired) electrons. The Morgan fingerprint density at radius 1 is 1.35 bits per heavy atom. The lowest BCUT2D eigenvalue weighted by atomic mass is 9.87. The summed E-state index contributed by atoms with van der Waals surface area (Å²) in [4.78, 5) is 13.8. The molecule has 9 heteroatoms. The van der Waals surface area contributed by atoms with Gasteiger partial charge in [0.15, 0.2) is 0 Å². The summed E-state index contributed by atoms with van der Waals surface area (Å²) < 4.78 is 7.08. The lowest BCUT2D eigenvalue weighted by Crippen LogP contribution is -2.42. The Balaban J connectivity index is 1.89. The number of hydrogen-bond donors (Lipinski definition) is 2. The largest absolute Gasteiger partial charge is 0.511 e. The third-order valence-electron chi connectivity index (χ3n) is 4.06. The van der Waals surface area contributed by atoms with E-state index in [2.05, 4.69) is 10.3 Å². The van der Waals surface area contributed by atoms with Gasteiger partial charge in [-0.2, -0.15) is 0 Å². The molecule has 0 spiro atoms. The van der Waals surface area contributed by atoms with Crippen molar-refractivity contribution in [2.45, 2.75) is 64.1 Å². The number of ether oxygens (including phenoxy) is 1. The number of rotatable bonds is 3. The highest BCUT2D eigenvalue weighted by atomic mass is 16.6. The van der Waals surface area contributed by atoms with Crippen LogP contribution in [0.1, 0.15) is 52.5 Å². The van der Waals surface area contributed by atoms with E-state index >= 15 is 0 Å². The molecule has 23 heavy (non-hydrogen) atoms. The number of carbonyl (C=O) groups is 1. The maximum Gasteiger partial charge on any atom is 0.511 e. The Labute approximate surface area is 136 Å². The van der Waals surface area contributed by atoms with Crippen LogP contribution < -0.4 is 5.59 Å². The Hall–Kier alpha value is -1.61. The topological polar surface area (TPSA) is 101 Å². The van der Waals surface area contributed by atoms with E-state index in [-0.39, 0.29) is 23.8 Å². The van der Waals surface area contributed by atoms with Crippen molar-refractivity contribution in [3.8, 4) is 0 Å². The Kier molecular flexibility index (Phi) is 5.31. The number of hydrogen-bond acceptors (Lipinski definition) is 6. The molecule has 2 rings (SSSR count). The van der Waals surface area contributed by atoms with E-state index in [4.69, 9.17) is 14.8 Å². The first-order valence-corrected chi connectivity index (χ1v) is 7.91. The summed E-state index contributed by atoms with van der Waals surface area (Å²) in [6.45, 7) is 5.56. The van der Waals surface area contributed by atoms with Crippen molar-refractivity contribution in [1.82, 2.24) is 19.9 Å². The second-order valence-electron chi connectivity index (χ2n) is 7.05. The van der Waals surface area contributed by atoms with Gasteiger partial charge in [-0.3, -0.25) is 0 Å². The molecule has 1 amide bonds. The van der Waals surface area contributed by atoms with Crippen LogP contribution in [-0.4, -0.2) is 61.8 Å². The third kappa shape index (κ3) is 4.68. The standard InChI is InChI=1S/C14H25BN4O4/c1-14(2,3)23-13(20)18(4)10-5-7-11(8-6-10)19-9-12(15(21)22)16-17-19/h9-11,21-22H,5-8H2,1-4H3/t10-,11+. The lowest BCUT2D eigenvalue weighted by Gasteiger charge is -2.35. The van der Waals surface area contributed by atoms with Crippen molar-refractivity contribution >= 4 is 18.8 Å². The van der Waals surface area contributed by atoms with E-state index in [0.29, 0.717) is 0 Å². The van der Waals surface area contributed by atoms with E-state index < -0.39 is 12.7 Å². The van der Waals surface area contributed by atoms with Crippen molar-refractivity contribution in [2.24, 2.45) is 0 Å². The molecule has 2 N–H and O–H groups in total. The van der Waals surface area contributed by atoms with Gasteiger partial charge in [0, 0.05) is 19.3 Å². The number of aromatic nitrogens is 3. The van der Waals surface area contributed by atoms with E-state index in [0.717, 1.165) is 25.7 Å². The Bertz CT molecular complexity index is 535. The van der Waals surface area contributed by atoms with Crippen LogP contribution in [0.5, 0.6) is 0 Å². The van der Waals surface area contributed by atoms with Gasteiger partial charge >= 0.3 is 13.2 Å². The van der Waals surface area contributed by atoms with Crippen molar-refractivity contribution in [1.29, 1.82) is 0 Å². The second-order valence-corrected chi connectivity index (χ2v) is 7.05. The molecule has 0 unspecified atom stereocenters. The SMILES string of the molecule is CN(C(=O)OC(C)(C)C)[C@H]1CC[C@@H](n2cc(B(O)O)nn2)CC1. The van der Waals surface area contributed by atoms with Gasteiger partial charge in [-0.05, 0) is 46.5 Å². The van der Waals surface area contributed by atoms with Crippen LogP contribution >= 0.6 is 0 Å². The minimum absolute atomic E-state index is 0.146. The van der Waals surface area contributed by atoms with Gasteiger partial charge in [-0.1, -0.05) is 5.21 Å². The highest BCUT2D eigenvalue weighted by Gasteiger charge is 2.30. The summed E-state index contributed by atoms with van der Waals surface area (Å²) in [6.07, 6.45) is 4.65. The Morgan fingerprint density at radius 2 is 1.96 bits per heavy atom. The molecule has 1 heterocycles. The first-order chi connectivity index (χ1) is 10.7. The van der Waals surface area contributed by atoms with Gasteiger partial charge in [0.2, 0.25) is 0 Å². The smallest absolute Gasteiger partial charge is 0.444 e. The molecule has 1 aromatic heterocycles. The molecular weight excluding hydrogens is 299 g/mol. The summed E-state index contributed by atoms with van der Waals surface area (Å²) in [6, 6.07) is 0.311. The van der Waals surface area contributed by atoms with Crippen molar-refractivity contribution in [3.63, 3.8) is 0 Å². The monoisotopic (exact) mass is 324 g/mol. The van der Waals surface area contributed by atoms with Crippen molar-refractivity contribution in [2.75, 3.05) is 7.05 Å². The van der Waals surface area contributed by atoms with Gasteiger partial charge in [-0.15, -0.1) is 5.10 Å². The zero-order chi connectivity index (χ0) is 17.2. The van der Waals surface area contributed by atoms with E-state index in [9.17, 15) is 4.79 Å². The molecule has 1 aliphatic carbocycles. The van der Waals surface area contributed by atoms with Crippen LogP contribution in [0.3, 0.4) is 0 Å². The van der Waals surface area contributed by atoms with Gasteiger partial charge in [0.05, 0.1) is 6.04 Å². The minimum Gasteiger partial charge on any atom is -0.444 e. The van der Waals surface area contributed by atoms with Crippen LogP contribution in [0.15, 0.2) is 6.20 Å². The lowest BCUT2D eigenvalue weighted by molar-refractivity contribution is 0.0172. The molecule has 1 aliphatic rings. The second kappa shape index (κ2) is 6.88. The van der Waals surface area contributed by atoms with Crippen LogP contribution in [0, 0.1) is 0 Å². The maximum atomic E-state index is 12.1. The predicted molar refractivity (Wildman–Crippen MR) is 85.1 cm³/mol. The van der Waals surface area contributed by atoms with E-state index in [1.54, 1.807) is 22.8 Å². The molecule has 1 saturated carbocycles. The van der Waals surface area contributed by atoms with Gasteiger partial charge in [-0.25, -0.2) is 9.48 Å². The van der Waals surface area contributed by atoms with Crippen LogP contribution in [0.4, 0.5) is 4.79 Å². The third-order valence-corrected chi connectivity index (χ3v) is 4.06. The first-order valence-electron chi connectivity index (χ1n) is 7.91. The zero-order valence-corrected chi connectivity index (χ0v) is 14.1. The highest BCUT2D eigenvalue weighted by Crippen LogP contribution is 2.30. The molecule has 0 aromatic carbocycles. The fourth-order valence-electron chi connectivity index (χ4n) is 2.78. The molecule has 0 saturated heterocycles. The molecule has 0 bridgehead atoms. The normalized spacial score (nSPS) is 21.8. The average molecular weight is 324 g/mol.